The fourth-order valence-electron chi connectivity index (χ4n) is 3.69. The van der Waals surface area contributed by atoms with Crippen LogP contribution in [-0.2, 0) is 11.3 Å². The lowest BCUT2D eigenvalue weighted by Gasteiger charge is -2.08. The molecule has 2 aromatic carbocycles. The summed E-state index contributed by atoms with van der Waals surface area (Å²) in [5.74, 6) is -0.297. The number of benzene rings is 2. The molecule has 0 saturated heterocycles. The van der Waals surface area contributed by atoms with Crippen LogP contribution in [0.1, 0.15) is 9.88 Å². The molecule has 0 radical (unpaired) electrons. The molecule has 0 aliphatic heterocycles. The van der Waals surface area contributed by atoms with Gasteiger partial charge in [0, 0.05) is 21.2 Å². The fourth-order valence-corrected chi connectivity index (χ4v) is 5.68. The third kappa shape index (κ3) is 3.81. The maximum absolute atomic E-state index is 13.3. The molecule has 0 saturated carbocycles. The van der Waals surface area contributed by atoms with Gasteiger partial charge in [-0.25, -0.2) is 9.97 Å². The molecule has 0 atom stereocenters. The summed E-state index contributed by atoms with van der Waals surface area (Å²) < 4.78 is 2.35. The van der Waals surface area contributed by atoms with E-state index >= 15 is 0 Å². The minimum absolute atomic E-state index is 0.128. The molecule has 6 nitrogen and oxygen atoms in total. The second-order valence-corrected chi connectivity index (χ2v) is 10.2. The zero-order chi connectivity index (χ0) is 22.4. The van der Waals surface area contributed by atoms with E-state index in [2.05, 4.69) is 15.3 Å². The Morgan fingerprint density at radius 3 is 2.69 bits per heavy atom. The van der Waals surface area contributed by atoms with E-state index in [1.54, 1.807) is 23.5 Å². The van der Waals surface area contributed by atoms with Crippen molar-refractivity contribution in [2.24, 2.45) is 0 Å². The average molecular weight is 481 g/mol. The number of aromatic nitrogens is 3. The Kier molecular flexibility index (Phi) is 5.28. The standard InChI is InChI=1S/C23H17ClN4O2S2/c1-12-20(14-3-5-15(24)6-4-14)21-22(31-12)25-11-28(23(21)30)10-19(29)27-16-7-8-17-18(9-16)32-13(2)26-17/h3-9,11H,10H2,1-2H3,(H,27,29). The lowest BCUT2D eigenvalue weighted by molar-refractivity contribution is -0.116. The van der Waals surface area contributed by atoms with Crippen LogP contribution in [0.3, 0.4) is 0 Å². The Bertz CT molecular complexity index is 1550. The summed E-state index contributed by atoms with van der Waals surface area (Å²) in [5.41, 5.74) is 3.06. The van der Waals surface area contributed by atoms with Crippen molar-refractivity contribution in [1.29, 1.82) is 0 Å². The Morgan fingerprint density at radius 2 is 1.91 bits per heavy atom. The lowest BCUT2D eigenvalue weighted by atomic mass is 10.0. The van der Waals surface area contributed by atoms with Crippen LogP contribution < -0.4 is 10.9 Å². The molecule has 5 aromatic rings. The van der Waals surface area contributed by atoms with Gasteiger partial charge in [-0.2, -0.15) is 0 Å². The molecule has 9 heteroatoms. The topological polar surface area (TPSA) is 76.9 Å². The number of hydrogen-bond acceptors (Lipinski definition) is 6. The summed E-state index contributed by atoms with van der Waals surface area (Å²) >= 11 is 9.05. The molecule has 0 fully saturated rings. The number of carbonyl (C=O) groups excluding carboxylic acids is 1. The molecule has 0 spiro atoms. The summed E-state index contributed by atoms with van der Waals surface area (Å²) in [6, 6.07) is 12.9. The molecule has 1 amide bonds. The van der Waals surface area contributed by atoms with Crippen LogP contribution in [0, 0.1) is 13.8 Å². The van der Waals surface area contributed by atoms with Gasteiger partial charge in [-0.1, -0.05) is 23.7 Å². The van der Waals surface area contributed by atoms with E-state index in [0.29, 0.717) is 20.9 Å². The number of nitrogens with zero attached hydrogens (tertiary/aromatic N) is 3. The number of halogens is 1. The van der Waals surface area contributed by atoms with Crippen LogP contribution in [0.2, 0.25) is 5.02 Å². The number of aryl methyl sites for hydroxylation is 2. The number of thiophene rings is 1. The lowest BCUT2D eigenvalue weighted by Crippen LogP contribution is -2.27. The minimum Gasteiger partial charge on any atom is -0.324 e. The van der Waals surface area contributed by atoms with E-state index in [0.717, 1.165) is 31.2 Å². The van der Waals surface area contributed by atoms with Crippen molar-refractivity contribution in [2.75, 3.05) is 5.32 Å². The summed E-state index contributed by atoms with van der Waals surface area (Å²) in [5, 5.41) is 4.98. The Labute approximate surface area is 196 Å². The van der Waals surface area contributed by atoms with Crippen molar-refractivity contribution >= 4 is 66.3 Å². The molecule has 0 unspecified atom stereocenters. The first-order valence-electron chi connectivity index (χ1n) is 9.80. The molecule has 3 heterocycles. The molecule has 0 aliphatic rings. The van der Waals surface area contributed by atoms with Gasteiger partial charge in [-0.15, -0.1) is 22.7 Å². The highest BCUT2D eigenvalue weighted by atomic mass is 35.5. The van der Waals surface area contributed by atoms with E-state index in [1.165, 1.54) is 22.2 Å². The van der Waals surface area contributed by atoms with Gasteiger partial charge in [-0.05, 0) is 49.7 Å². The first-order valence-corrected chi connectivity index (χ1v) is 11.8. The van der Waals surface area contributed by atoms with Crippen molar-refractivity contribution in [3.8, 4) is 11.1 Å². The fraction of sp³-hybridized carbons (Fsp3) is 0.130. The molecule has 0 bridgehead atoms. The average Bonchev–Trinajstić information content (AvgIpc) is 3.29. The number of rotatable bonds is 4. The van der Waals surface area contributed by atoms with Crippen LogP contribution >= 0.6 is 34.3 Å². The van der Waals surface area contributed by atoms with Gasteiger partial charge in [-0.3, -0.25) is 14.2 Å². The van der Waals surface area contributed by atoms with E-state index in [9.17, 15) is 9.59 Å². The number of carbonyl (C=O) groups is 1. The second kappa shape index (κ2) is 8.12. The van der Waals surface area contributed by atoms with Gasteiger partial charge >= 0.3 is 0 Å². The first kappa shape index (κ1) is 20.8. The van der Waals surface area contributed by atoms with E-state index in [4.69, 9.17) is 11.6 Å². The zero-order valence-corrected chi connectivity index (χ0v) is 19.6. The minimum atomic E-state index is -0.297. The van der Waals surface area contributed by atoms with Gasteiger partial charge in [0.05, 0.1) is 26.9 Å². The molecule has 0 aliphatic carbocycles. The number of amides is 1. The van der Waals surface area contributed by atoms with E-state index in [-0.39, 0.29) is 18.0 Å². The number of hydrogen-bond donors (Lipinski definition) is 1. The molecule has 1 N–H and O–H groups in total. The second-order valence-electron chi connectivity index (χ2n) is 7.36. The van der Waals surface area contributed by atoms with Crippen LogP contribution in [-0.4, -0.2) is 20.4 Å². The van der Waals surface area contributed by atoms with Crippen LogP contribution in [0.4, 0.5) is 5.69 Å². The third-order valence-electron chi connectivity index (χ3n) is 5.08. The molecular weight excluding hydrogens is 464 g/mol. The van der Waals surface area contributed by atoms with Crippen molar-refractivity contribution in [3.63, 3.8) is 0 Å². The summed E-state index contributed by atoms with van der Waals surface area (Å²) in [6.45, 7) is 3.78. The predicted molar refractivity (Wildman–Crippen MR) is 132 cm³/mol. The van der Waals surface area contributed by atoms with Crippen LogP contribution in [0.25, 0.3) is 31.6 Å². The van der Waals surface area contributed by atoms with E-state index in [1.807, 2.05) is 44.2 Å². The highest BCUT2D eigenvalue weighted by Gasteiger charge is 2.18. The summed E-state index contributed by atoms with van der Waals surface area (Å²) in [4.78, 5) is 36.5. The highest BCUT2D eigenvalue weighted by Crippen LogP contribution is 2.35. The highest BCUT2D eigenvalue weighted by molar-refractivity contribution is 7.19. The van der Waals surface area contributed by atoms with Gasteiger partial charge < -0.3 is 5.32 Å². The predicted octanol–water partition coefficient (Wildman–Crippen LogP) is 5.64. The molecule has 160 valence electrons. The molecule has 3 aromatic heterocycles. The van der Waals surface area contributed by atoms with Gasteiger partial charge in [0.1, 0.15) is 11.4 Å². The Balaban J connectivity index is 1.46. The largest absolute Gasteiger partial charge is 0.324 e. The number of anilines is 1. The number of fused-ring (bicyclic) bond motifs is 2. The molecule has 32 heavy (non-hydrogen) atoms. The van der Waals surface area contributed by atoms with Crippen LogP contribution in [0.15, 0.2) is 53.6 Å². The Morgan fingerprint density at radius 1 is 1.12 bits per heavy atom. The first-order chi connectivity index (χ1) is 15.4. The summed E-state index contributed by atoms with van der Waals surface area (Å²) in [6.07, 6.45) is 1.43. The van der Waals surface area contributed by atoms with Crippen molar-refractivity contribution in [3.05, 3.63) is 74.1 Å². The summed E-state index contributed by atoms with van der Waals surface area (Å²) in [7, 11) is 0. The third-order valence-corrected chi connectivity index (χ3v) is 7.28. The van der Waals surface area contributed by atoms with Gasteiger partial charge in [0.2, 0.25) is 5.91 Å². The normalized spacial score (nSPS) is 11.3. The maximum Gasteiger partial charge on any atom is 0.263 e. The van der Waals surface area contributed by atoms with E-state index < -0.39 is 0 Å². The maximum atomic E-state index is 13.3. The molecular formula is C23H17ClN4O2S2. The van der Waals surface area contributed by atoms with Gasteiger partial charge in [0.25, 0.3) is 5.56 Å². The number of thiazole rings is 1. The molecule has 5 rings (SSSR count). The van der Waals surface area contributed by atoms with Crippen LogP contribution in [0.5, 0.6) is 0 Å². The number of nitrogens with one attached hydrogen (secondary N) is 1. The quantitative estimate of drug-likeness (QED) is 0.361. The van der Waals surface area contributed by atoms with Crippen molar-refractivity contribution in [1.82, 2.24) is 14.5 Å². The Hall–Kier alpha value is -3.07. The zero-order valence-electron chi connectivity index (χ0n) is 17.2. The monoisotopic (exact) mass is 480 g/mol. The van der Waals surface area contributed by atoms with Gasteiger partial charge in [0.15, 0.2) is 0 Å². The van der Waals surface area contributed by atoms with Crippen molar-refractivity contribution in [2.45, 2.75) is 20.4 Å². The SMILES string of the molecule is Cc1nc2ccc(NC(=O)Cn3cnc4sc(C)c(-c5ccc(Cl)cc5)c4c3=O)cc2s1. The van der Waals surface area contributed by atoms with Crippen molar-refractivity contribution < 1.29 is 4.79 Å². The smallest absolute Gasteiger partial charge is 0.263 e.